The van der Waals surface area contributed by atoms with Crippen LogP contribution in [0.15, 0.2) is 51.4 Å². The molecule has 0 fully saturated rings. The van der Waals surface area contributed by atoms with Crippen molar-refractivity contribution in [2.75, 3.05) is 0 Å². The molecular weight excluding hydrogens is 363 g/mol. The van der Waals surface area contributed by atoms with Crippen molar-refractivity contribution in [1.29, 1.82) is 0 Å². The molecule has 0 aliphatic rings. The van der Waals surface area contributed by atoms with E-state index in [4.69, 9.17) is 27.6 Å². The van der Waals surface area contributed by atoms with Crippen LogP contribution in [-0.4, -0.2) is 5.78 Å². The summed E-state index contributed by atoms with van der Waals surface area (Å²) >= 11 is 15.3. The molecule has 100 valence electrons. The van der Waals surface area contributed by atoms with Crippen molar-refractivity contribution in [1.82, 2.24) is 0 Å². The van der Waals surface area contributed by atoms with Crippen molar-refractivity contribution in [3.8, 4) is 0 Å². The summed E-state index contributed by atoms with van der Waals surface area (Å²) in [4.78, 5) is 12.4. The number of fused-ring (bicyclic) bond motifs is 1. The third-order valence-electron chi connectivity index (χ3n) is 2.88. The number of carbonyl (C=O) groups excluding carboxylic acids is 1. The second-order valence-electron chi connectivity index (χ2n) is 4.25. The maximum Gasteiger partial charge on any atom is 0.229 e. The number of carbonyl (C=O) groups is 1. The second kappa shape index (κ2) is 5.24. The summed E-state index contributed by atoms with van der Waals surface area (Å²) in [6, 6.07) is 12.0. The zero-order valence-corrected chi connectivity index (χ0v) is 13.1. The van der Waals surface area contributed by atoms with Gasteiger partial charge in [0.15, 0.2) is 5.76 Å². The molecule has 0 amide bonds. The predicted molar refractivity (Wildman–Crippen MR) is 83.8 cm³/mol. The Morgan fingerprint density at radius 3 is 2.60 bits per heavy atom. The van der Waals surface area contributed by atoms with Crippen molar-refractivity contribution >= 4 is 55.9 Å². The van der Waals surface area contributed by atoms with Crippen molar-refractivity contribution in [3.05, 3.63) is 68.3 Å². The molecule has 0 radical (unpaired) electrons. The summed E-state index contributed by atoms with van der Waals surface area (Å²) in [5, 5.41) is 1.76. The molecule has 1 aromatic heterocycles. The summed E-state index contributed by atoms with van der Waals surface area (Å²) < 4.78 is 6.36. The molecule has 3 aromatic rings. The molecule has 0 atom stereocenters. The SMILES string of the molecule is O=C(c1cc2cc(Cl)ccc2o1)c1ccc(Br)cc1Cl. The molecular formula is C15H7BrCl2O2. The van der Waals surface area contributed by atoms with Gasteiger partial charge in [0.25, 0.3) is 0 Å². The summed E-state index contributed by atoms with van der Waals surface area (Å²) in [6.07, 6.45) is 0. The van der Waals surface area contributed by atoms with Gasteiger partial charge >= 0.3 is 0 Å². The zero-order chi connectivity index (χ0) is 14.3. The van der Waals surface area contributed by atoms with Gasteiger partial charge in [-0.05, 0) is 42.5 Å². The molecule has 0 aliphatic heterocycles. The maximum absolute atomic E-state index is 12.4. The third kappa shape index (κ3) is 2.49. The van der Waals surface area contributed by atoms with Crippen LogP contribution in [0.4, 0.5) is 0 Å². The first-order valence-corrected chi connectivity index (χ1v) is 7.28. The van der Waals surface area contributed by atoms with Crippen LogP contribution in [0.1, 0.15) is 16.1 Å². The van der Waals surface area contributed by atoms with Crippen molar-refractivity contribution in [3.63, 3.8) is 0 Å². The highest BCUT2D eigenvalue weighted by atomic mass is 79.9. The highest BCUT2D eigenvalue weighted by molar-refractivity contribution is 9.10. The molecule has 0 aliphatic carbocycles. The standard InChI is InChI=1S/C15H7BrCl2O2/c16-9-1-3-11(12(18)7-9)15(19)14-6-8-5-10(17)2-4-13(8)20-14/h1-7H. The highest BCUT2D eigenvalue weighted by Crippen LogP contribution is 2.27. The normalized spacial score (nSPS) is 10.9. The maximum atomic E-state index is 12.4. The highest BCUT2D eigenvalue weighted by Gasteiger charge is 2.17. The molecule has 1 heterocycles. The lowest BCUT2D eigenvalue weighted by Gasteiger charge is -2.01. The minimum absolute atomic E-state index is 0.242. The fourth-order valence-corrected chi connectivity index (χ4v) is 2.87. The van der Waals surface area contributed by atoms with Gasteiger partial charge in [-0.1, -0.05) is 39.1 Å². The number of benzene rings is 2. The molecule has 20 heavy (non-hydrogen) atoms. The van der Waals surface area contributed by atoms with E-state index in [-0.39, 0.29) is 11.5 Å². The van der Waals surface area contributed by atoms with Gasteiger partial charge in [-0.3, -0.25) is 4.79 Å². The minimum atomic E-state index is -0.255. The largest absolute Gasteiger partial charge is 0.453 e. The van der Waals surface area contributed by atoms with E-state index in [2.05, 4.69) is 15.9 Å². The summed E-state index contributed by atoms with van der Waals surface area (Å²) in [5.41, 5.74) is 1.02. The number of hydrogen-bond donors (Lipinski definition) is 0. The van der Waals surface area contributed by atoms with Crippen LogP contribution in [0, 0.1) is 0 Å². The Labute approximate surface area is 133 Å². The molecule has 0 N–H and O–H groups in total. The Kier molecular flexibility index (Phi) is 3.59. The Balaban J connectivity index is 2.08. The lowest BCUT2D eigenvalue weighted by Crippen LogP contribution is -2.00. The van der Waals surface area contributed by atoms with Crippen LogP contribution in [-0.2, 0) is 0 Å². The van der Waals surface area contributed by atoms with Crippen LogP contribution in [0.3, 0.4) is 0 Å². The molecule has 0 spiro atoms. The summed E-state index contributed by atoms with van der Waals surface area (Å²) in [6.45, 7) is 0. The Hall–Kier alpha value is -1.29. The first kappa shape index (κ1) is 13.7. The van der Waals surface area contributed by atoms with Crippen molar-refractivity contribution in [2.45, 2.75) is 0 Å². The first-order chi connectivity index (χ1) is 9.54. The van der Waals surface area contributed by atoms with Crippen LogP contribution >= 0.6 is 39.1 Å². The Bertz CT molecular complexity index is 824. The van der Waals surface area contributed by atoms with Gasteiger partial charge in [-0.25, -0.2) is 0 Å². The molecule has 3 rings (SSSR count). The van der Waals surface area contributed by atoms with Gasteiger partial charge in [0, 0.05) is 20.4 Å². The van der Waals surface area contributed by atoms with E-state index in [1.165, 1.54) is 0 Å². The number of ketones is 1. The number of rotatable bonds is 2. The zero-order valence-electron chi connectivity index (χ0n) is 9.99. The van der Waals surface area contributed by atoms with E-state index in [9.17, 15) is 4.79 Å². The quantitative estimate of drug-likeness (QED) is 0.539. The fourth-order valence-electron chi connectivity index (χ4n) is 1.93. The first-order valence-electron chi connectivity index (χ1n) is 5.73. The summed E-state index contributed by atoms with van der Waals surface area (Å²) in [7, 11) is 0. The monoisotopic (exact) mass is 368 g/mol. The van der Waals surface area contributed by atoms with Gasteiger partial charge < -0.3 is 4.42 Å². The summed E-state index contributed by atoms with van der Waals surface area (Å²) in [5.74, 6) is -0.0127. The van der Waals surface area contributed by atoms with Crippen molar-refractivity contribution in [2.24, 2.45) is 0 Å². The van der Waals surface area contributed by atoms with E-state index in [1.54, 1.807) is 42.5 Å². The van der Waals surface area contributed by atoms with Gasteiger partial charge in [-0.15, -0.1) is 0 Å². The van der Waals surface area contributed by atoms with Crippen LogP contribution < -0.4 is 0 Å². The van der Waals surface area contributed by atoms with Gasteiger partial charge in [0.1, 0.15) is 5.58 Å². The molecule has 2 aromatic carbocycles. The lowest BCUT2D eigenvalue weighted by atomic mass is 10.1. The van der Waals surface area contributed by atoms with Gasteiger partial charge in [0.2, 0.25) is 5.78 Å². The van der Waals surface area contributed by atoms with Gasteiger partial charge in [-0.2, -0.15) is 0 Å². The molecule has 0 bridgehead atoms. The minimum Gasteiger partial charge on any atom is -0.453 e. The van der Waals surface area contributed by atoms with Crippen LogP contribution in [0.5, 0.6) is 0 Å². The third-order valence-corrected chi connectivity index (χ3v) is 3.92. The molecule has 0 saturated heterocycles. The molecule has 2 nitrogen and oxygen atoms in total. The smallest absolute Gasteiger partial charge is 0.229 e. The lowest BCUT2D eigenvalue weighted by molar-refractivity contribution is 0.101. The van der Waals surface area contributed by atoms with Crippen LogP contribution in [0.25, 0.3) is 11.0 Å². The topological polar surface area (TPSA) is 30.2 Å². The van der Waals surface area contributed by atoms with Gasteiger partial charge in [0.05, 0.1) is 5.02 Å². The number of halogens is 3. The predicted octanol–water partition coefficient (Wildman–Crippen LogP) is 5.73. The average molecular weight is 370 g/mol. The molecule has 5 heteroatoms. The van der Waals surface area contributed by atoms with E-state index in [1.807, 2.05) is 0 Å². The number of hydrogen-bond acceptors (Lipinski definition) is 2. The average Bonchev–Trinajstić information content (AvgIpc) is 2.81. The Morgan fingerprint density at radius 2 is 1.85 bits per heavy atom. The second-order valence-corrected chi connectivity index (χ2v) is 6.01. The van der Waals surface area contributed by atoms with E-state index < -0.39 is 0 Å². The number of furan rings is 1. The fraction of sp³-hybridized carbons (Fsp3) is 0. The van der Waals surface area contributed by atoms with E-state index >= 15 is 0 Å². The van der Waals surface area contributed by atoms with E-state index in [0.717, 1.165) is 9.86 Å². The molecule has 0 saturated carbocycles. The van der Waals surface area contributed by atoms with Crippen molar-refractivity contribution < 1.29 is 9.21 Å². The van der Waals surface area contributed by atoms with Crippen LogP contribution in [0.2, 0.25) is 10.0 Å². The van der Waals surface area contributed by atoms with E-state index in [0.29, 0.717) is 21.2 Å². The molecule has 0 unspecified atom stereocenters. The Morgan fingerprint density at radius 1 is 1.05 bits per heavy atom.